The lowest BCUT2D eigenvalue weighted by Crippen LogP contribution is -2.09. The zero-order valence-electron chi connectivity index (χ0n) is 15.8. The third kappa shape index (κ3) is 3.51. The second kappa shape index (κ2) is 7.72. The van der Waals surface area contributed by atoms with E-state index in [2.05, 4.69) is 5.10 Å². The molecule has 3 aromatic rings. The first-order valence-corrected chi connectivity index (χ1v) is 9.73. The fourth-order valence-electron chi connectivity index (χ4n) is 3.52. The summed E-state index contributed by atoms with van der Waals surface area (Å²) in [5.41, 5.74) is 3.10. The van der Waals surface area contributed by atoms with Crippen LogP contribution in [0.25, 0.3) is 5.69 Å². The molecule has 0 spiro atoms. The van der Waals surface area contributed by atoms with Gasteiger partial charge in [-0.25, -0.2) is 9.48 Å². The summed E-state index contributed by atoms with van der Waals surface area (Å²) in [6.45, 7) is 2.38. The minimum absolute atomic E-state index is 0.177. The van der Waals surface area contributed by atoms with Crippen LogP contribution in [-0.2, 0) is 6.42 Å². The van der Waals surface area contributed by atoms with Crippen LogP contribution in [0.1, 0.15) is 50.4 Å². The summed E-state index contributed by atoms with van der Waals surface area (Å²) in [7, 11) is 0. The van der Waals surface area contributed by atoms with Gasteiger partial charge in [-0.15, -0.1) is 0 Å². The highest BCUT2D eigenvalue weighted by Gasteiger charge is 2.28. The number of carboxylic acid groups (broad SMARTS) is 1. The smallest absolute Gasteiger partial charge is 0.335 e. The van der Waals surface area contributed by atoms with Gasteiger partial charge in [-0.1, -0.05) is 23.7 Å². The van der Waals surface area contributed by atoms with Crippen LogP contribution in [0.4, 0.5) is 0 Å². The quantitative estimate of drug-likeness (QED) is 0.641. The molecule has 7 heteroatoms. The van der Waals surface area contributed by atoms with Crippen molar-refractivity contribution in [1.29, 1.82) is 0 Å². The van der Waals surface area contributed by atoms with E-state index in [1.165, 1.54) is 12.1 Å². The first kappa shape index (κ1) is 19.2. The third-order valence-electron chi connectivity index (χ3n) is 5.02. The summed E-state index contributed by atoms with van der Waals surface area (Å²) in [6, 6.07) is 11.7. The molecule has 0 saturated carbocycles. The minimum atomic E-state index is -1.00. The molecule has 0 fully saturated rings. The Hall–Kier alpha value is -3.12. The van der Waals surface area contributed by atoms with Crippen molar-refractivity contribution in [1.82, 2.24) is 9.78 Å². The Morgan fingerprint density at radius 1 is 1.14 bits per heavy atom. The van der Waals surface area contributed by atoms with Crippen LogP contribution in [-0.4, -0.2) is 33.2 Å². The number of benzene rings is 2. The Morgan fingerprint density at radius 3 is 2.59 bits per heavy atom. The van der Waals surface area contributed by atoms with E-state index < -0.39 is 5.97 Å². The Balaban J connectivity index is 1.85. The molecule has 2 heterocycles. The van der Waals surface area contributed by atoms with E-state index in [0.29, 0.717) is 40.9 Å². The van der Waals surface area contributed by atoms with Gasteiger partial charge in [0, 0.05) is 11.1 Å². The second-order valence-corrected chi connectivity index (χ2v) is 7.37. The molecule has 1 N–H and O–H groups in total. The first-order valence-electron chi connectivity index (χ1n) is 9.35. The summed E-state index contributed by atoms with van der Waals surface area (Å²) in [6.07, 6.45) is 2.44. The van der Waals surface area contributed by atoms with E-state index in [1.807, 2.05) is 13.0 Å². The number of halogens is 1. The summed E-state index contributed by atoms with van der Waals surface area (Å²) in [4.78, 5) is 24.5. The standard InChI is InChI=1S/C22H19ClN2O4/c1-13-5-4-7-17(23)18(13)20(26)19-16-6-2-3-12-29-21(16)25(24-19)15-10-8-14(9-11-15)22(27)28/h4-5,7-11H,2-3,6,12H2,1H3,(H,27,28). The minimum Gasteiger partial charge on any atom is -0.478 e. The van der Waals surface area contributed by atoms with Crippen LogP contribution in [0, 0.1) is 6.92 Å². The number of aromatic nitrogens is 2. The van der Waals surface area contributed by atoms with Crippen molar-refractivity contribution >= 4 is 23.4 Å². The fourth-order valence-corrected chi connectivity index (χ4v) is 3.83. The molecule has 0 amide bonds. The predicted molar refractivity (Wildman–Crippen MR) is 109 cm³/mol. The molecule has 1 aliphatic rings. The molecule has 0 radical (unpaired) electrons. The van der Waals surface area contributed by atoms with E-state index >= 15 is 0 Å². The molecule has 29 heavy (non-hydrogen) atoms. The number of aryl methyl sites for hydroxylation is 1. The number of ether oxygens (including phenoxy) is 1. The van der Waals surface area contributed by atoms with Crippen molar-refractivity contribution < 1.29 is 19.4 Å². The normalized spacial score (nSPS) is 13.3. The highest BCUT2D eigenvalue weighted by Crippen LogP contribution is 2.33. The number of rotatable bonds is 4. The number of nitrogens with zero attached hydrogens (tertiary/aromatic N) is 2. The number of carbonyl (C=O) groups excluding carboxylic acids is 1. The number of carboxylic acids is 1. The van der Waals surface area contributed by atoms with Crippen molar-refractivity contribution in [2.75, 3.05) is 6.61 Å². The van der Waals surface area contributed by atoms with Crippen molar-refractivity contribution in [3.63, 3.8) is 0 Å². The fraction of sp³-hybridized carbons (Fsp3) is 0.227. The summed E-state index contributed by atoms with van der Waals surface area (Å²) >= 11 is 6.32. The molecule has 0 aliphatic carbocycles. The average molecular weight is 411 g/mol. The van der Waals surface area contributed by atoms with E-state index in [1.54, 1.807) is 28.9 Å². The average Bonchev–Trinajstić information content (AvgIpc) is 2.89. The Morgan fingerprint density at radius 2 is 1.90 bits per heavy atom. The molecule has 0 bridgehead atoms. The molecular weight excluding hydrogens is 392 g/mol. The molecular formula is C22H19ClN2O4. The maximum Gasteiger partial charge on any atom is 0.335 e. The van der Waals surface area contributed by atoms with Crippen LogP contribution >= 0.6 is 11.6 Å². The van der Waals surface area contributed by atoms with Gasteiger partial charge in [0.2, 0.25) is 11.7 Å². The number of fused-ring (bicyclic) bond motifs is 1. The SMILES string of the molecule is Cc1cccc(Cl)c1C(=O)c1nn(-c2ccc(C(=O)O)cc2)c2c1CCCCO2. The number of hydrogen-bond acceptors (Lipinski definition) is 4. The molecule has 4 rings (SSSR count). The topological polar surface area (TPSA) is 81.4 Å². The zero-order chi connectivity index (χ0) is 20.5. The maximum absolute atomic E-state index is 13.4. The van der Waals surface area contributed by atoms with Crippen molar-refractivity contribution in [2.24, 2.45) is 0 Å². The summed E-state index contributed by atoms with van der Waals surface area (Å²) in [5, 5.41) is 14.1. The Labute approximate surface area is 172 Å². The molecule has 1 aliphatic heterocycles. The van der Waals surface area contributed by atoms with Gasteiger partial charge < -0.3 is 9.84 Å². The zero-order valence-corrected chi connectivity index (χ0v) is 16.6. The molecule has 1 aromatic heterocycles. The summed E-state index contributed by atoms with van der Waals surface area (Å²) < 4.78 is 7.51. The van der Waals surface area contributed by atoms with Crippen molar-refractivity contribution in [2.45, 2.75) is 26.2 Å². The van der Waals surface area contributed by atoms with Gasteiger partial charge in [-0.2, -0.15) is 5.10 Å². The lowest BCUT2D eigenvalue weighted by atomic mass is 9.99. The molecule has 2 aromatic carbocycles. The van der Waals surface area contributed by atoms with E-state index in [-0.39, 0.29) is 11.3 Å². The largest absolute Gasteiger partial charge is 0.478 e. The van der Waals surface area contributed by atoms with Gasteiger partial charge in [0.25, 0.3) is 0 Å². The summed E-state index contributed by atoms with van der Waals surface area (Å²) in [5.74, 6) is -0.716. The highest BCUT2D eigenvalue weighted by molar-refractivity contribution is 6.35. The molecule has 6 nitrogen and oxygen atoms in total. The van der Waals surface area contributed by atoms with Gasteiger partial charge in [-0.05, 0) is 62.1 Å². The van der Waals surface area contributed by atoms with Crippen molar-refractivity contribution in [3.05, 3.63) is 75.4 Å². The van der Waals surface area contributed by atoms with Gasteiger partial charge in [-0.3, -0.25) is 4.79 Å². The Kier molecular flexibility index (Phi) is 5.11. The molecule has 0 unspecified atom stereocenters. The number of ketones is 1. The monoisotopic (exact) mass is 410 g/mol. The maximum atomic E-state index is 13.4. The predicted octanol–water partition coefficient (Wildman–Crippen LogP) is 4.48. The lowest BCUT2D eigenvalue weighted by molar-refractivity contribution is 0.0696. The molecule has 148 valence electrons. The second-order valence-electron chi connectivity index (χ2n) is 6.96. The van der Waals surface area contributed by atoms with E-state index in [0.717, 1.165) is 24.0 Å². The first-order chi connectivity index (χ1) is 14.0. The highest BCUT2D eigenvalue weighted by atomic mass is 35.5. The van der Waals surface area contributed by atoms with Crippen LogP contribution < -0.4 is 4.74 Å². The van der Waals surface area contributed by atoms with E-state index in [4.69, 9.17) is 21.4 Å². The number of hydrogen-bond donors (Lipinski definition) is 1. The number of aromatic carboxylic acids is 1. The Bertz CT molecular complexity index is 1080. The molecule has 0 saturated heterocycles. The van der Waals surface area contributed by atoms with Crippen LogP contribution in [0.2, 0.25) is 5.02 Å². The van der Waals surface area contributed by atoms with Crippen LogP contribution in [0.15, 0.2) is 42.5 Å². The van der Waals surface area contributed by atoms with Gasteiger partial charge in [0.1, 0.15) is 5.69 Å². The lowest BCUT2D eigenvalue weighted by Gasteiger charge is -2.08. The number of carbonyl (C=O) groups is 2. The van der Waals surface area contributed by atoms with Crippen molar-refractivity contribution in [3.8, 4) is 11.6 Å². The van der Waals surface area contributed by atoms with Gasteiger partial charge in [0.05, 0.1) is 22.9 Å². The van der Waals surface area contributed by atoms with Crippen LogP contribution in [0.5, 0.6) is 5.88 Å². The molecule has 0 atom stereocenters. The van der Waals surface area contributed by atoms with Crippen LogP contribution in [0.3, 0.4) is 0 Å². The van der Waals surface area contributed by atoms with Gasteiger partial charge >= 0.3 is 5.97 Å². The van der Waals surface area contributed by atoms with Gasteiger partial charge in [0.15, 0.2) is 0 Å². The third-order valence-corrected chi connectivity index (χ3v) is 5.33. The van der Waals surface area contributed by atoms with E-state index in [9.17, 15) is 9.59 Å².